The van der Waals surface area contributed by atoms with Crippen LogP contribution in [0.25, 0.3) is 6.08 Å². The lowest BCUT2D eigenvalue weighted by molar-refractivity contribution is -0.112. The molecule has 6 nitrogen and oxygen atoms in total. The Kier molecular flexibility index (Phi) is 5.44. The van der Waals surface area contributed by atoms with Crippen molar-refractivity contribution in [1.29, 1.82) is 5.26 Å². The summed E-state index contributed by atoms with van der Waals surface area (Å²) in [5, 5.41) is 12.1. The molecule has 1 aliphatic rings. The highest BCUT2D eigenvalue weighted by Crippen LogP contribution is 2.39. The van der Waals surface area contributed by atoms with E-state index in [-0.39, 0.29) is 12.4 Å². The Bertz CT molecular complexity index is 918. The molecule has 0 bridgehead atoms. The van der Waals surface area contributed by atoms with E-state index in [0.717, 1.165) is 4.47 Å². The van der Waals surface area contributed by atoms with E-state index in [1.165, 1.54) is 6.08 Å². The first-order valence-corrected chi connectivity index (χ1v) is 8.65. The molecule has 26 heavy (non-hydrogen) atoms. The number of nitriles is 1. The van der Waals surface area contributed by atoms with Crippen LogP contribution in [-0.4, -0.2) is 19.3 Å². The zero-order chi connectivity index (χ0) is 18.5. The molecule has 1 heterocycles. The van der Waals surface area contributed by atoms with Crippen LogP contribution in [0.4, 0.5) is 5.69 Å². The zero-order valence-corrected chi connectivity index (χ0v) is 15.5. The molecule has 2 aromatic carbocycles. The standard InChI is InChI=1S/C19H15BrN2O4/c1-2-24-16-9-18-17(25-11-26-18)7-12(16)6-13(10-21)19(23)22-15-5-3-4-14(20)8-15/h3-9H,2,11H2,1H3,(H,22,23)/b13-6+. The summed E-state index contributed by atoms with van der Waals surface area (Å²) in [6.45, 7) is 2.42. The van der Waals surface area contributed by atoms with Gasteiger partial charge in [-0.05, 0) is 37.3 Å². The van der Waals surface area contributed by atoms with E-state index in [2.05, 4.69) is 21.2 Å². The third-order valence-electron chi connectivity index (χ3n) is 3.55. The van der Waals surface area contributed by atoms with E-state index in [1.54, 1.807) is 30.3 Å². The maximum atomic E-state index is 12.4. The quantitative estimate of drug-likeness (QED) is 0.587. The normalized spacial score (nSPS) is 12.4. The molecule has 0 saturated carbocycles. The summed E-state index contributed by atoms with van der Waals surface area (Å²) in [6, 6.07) is 12.4. The molecule has 0 aliphatic carbocycles. The van der Waals surface area contributed by atoms with Crippen LogP contribution in [0.1, 0.15) is 12.5 Å². The average molecular weight is 415 g/mol. The lowest BCUT2D eigenvalue weighted by Crippen LogP contribution is -2.13. The number of fused-ring (bicyclic) bond motifs is 1. The van der Waals surface area contributed by atoms with E-state index < -0.39 is 5.91 Å². The second-order valence-electron chi connectivity index (χ2n) is 5.31. The first kappa shape index (κ1) is 17.8. The highest BCUT2D eigenvalue weighted by molar-refractivity contribution is 9.10. The Morgan fingerprint density at radius 3 is 2.81 bits per heavy atom. The Balaban J connectivity index is 1.91. The van der Waals surface area contributed by atoms with Gasteiger partial charge in [0.05, 0.1) is 6.61 Å². The molecule has 0 unspecified atom stereocenters. The van der Waals surface area contributed by atoms with Gasteiger partial charge in [-0.25, -0.2) is 0 Å². The first-order chi connectivity index (χ1) is 12.6. The molecule has 0 saturated heterocycles. The van der Waals surface area contributed by atoms with Crippen molar-refractivity contribution in [2.75, 3.05) is 18.7 Å². The number of rotatable bonds is 5. The molecular formula is C19H15BrN2O4. The van der Waals surface area contributed by atoms with Crippen LogP contribution in [0, 0.1) is 11.3 Å². The van der Waals surface area contributed by atoms with Gasteiger partial charge in [0.1, 0.15) is 17.4 Å². The van der Waals surface area contributed by atoms with Gasteiger partial charge in [0, 0.05) is 21.8 Å². The molecule has 0 aromatic heterocycles. The number of halogens is 1. The zero-order valence-electron chi connectivity index (χ0n) is 13.9. The van der Waals surface area contributed by atoms with Crippen molar-refractivity contribution in [3.63, 3.8) is 0 Å². The molecule has 2 aromatic rings. The summed E-state index contributed by atoms with van der Waals surface area (Å²) >= 11 is 3.34. The van der Waals surface area contributed by atoms with Crippen molar-refractivity contribution in [3.8, 4) is 23.3 Å². The lowest BCUT2D eigenvalue weighted by atomic mass is 10.1. The minimum Gasteiger partial charge on any atom is -0.493 e. The summed E-state index contributed by atoms with van der Waals surface area (Å²) < 4.78 is 17.1. The van der Waals surface area contributed by atoms with E-state index in [1.807, 2.05) is 19.1 Å². The number of benzene rings is 2. The van der Waals surface area contributed by atoms with Crippen LogP contribution < -0.4 is 19.5 Å². The molecule has 0 atom stereocenters. The van der Waals surface area contributed by atoms with Crippen LogP contribution in [0.2, 0.25) is 0 Å². The van der Waals surface area contributed by atoms with Gasteiger partial charge < -0.3 is 19.5 Å². The number of carbonyl (C=O) groups is 1. The summed E-state index contributed by atoms with van der Waals surface area (Å²) in [4.78, 5) is 12.4. The Morgan fingerprint density at radius 1 is 1.35 bits per heavy atom. The minimum absolute atomic E-state index is 0.0511. The molecule has 3 rings (SSSR count). The third kappa shape index (κ3) is 3.98. The third-order valence-corrected chi connectivity index (χ3v) is 4.05. The number of amides is 1. The smallest absolute Gasteiger partial charge is 0.266 e. The summed E-state index contributed by atoms with van der Waals surface area (Å²) in [7, 11) is 0. The molecular weight excluding hydrogens is 400 g/mol. The van der Waals surface area contributed by atoms with E-state index in [4.69, 9.17) is 14.2 Å². The van der Waals surface area contributed by atoms with Crippen molar-refractivity contribution < 1.29 is 19.0 Å². The summed E-state index contributed by atoms with van der Waals surface area (Å²) in [5.74, 6) is 1.12. The molecule has 0 spiro atoms. The van der Waals surface area contributed by atoms with Gasteiger partial charge in [-0.3, -0.25) is 4.79 Å². The van der Waals surface area contributed by atoms with E-state index in [0.29, 0.717) is 35.1 Å². The number of hydrogen-bond donors (Lipinski definition) is 1. The monoisotopic (exact) mass is 414 g/mol. The maximum absolute atomic E-state index is 12.4. The van der Waals surface area contributed by atoms with Gasteiger partial charge in [-0.2, -0.15) is 5.26 Å². The summed E-state index contributed by atoms with van der Waals surface area (Å²) in [5.41, 5.74) is 1.10. The number of anilines is 1. The Morgan fingerprint density at radius 2 is 2.12 bits per heavy atom. The van der Waals surface area contributed by atoms with Crippen molar-refractivity contribution in [2.45, 2.75) is 6.92 Å². The summed E-state index contributed by atoms with van der Waals surface area (Å²) in [6.07, 6.45) is 1.47. The number of nitrogens with zero attached hydrogens (tertiary/aromatic N) is 1. The Hall–Kier alpha value is -2.98. The number of carbonyl (C=O) groups excluding carboxylic acids is 1. The fourth-order valence-corrected chi connectivity index (χ4v) is 2.80. The molecule has 1 aliphatic heterocycles. The van der Waals surface area contributed by atoms with Crippen molar-refractivity contribution in [2.24, 2.45) is 0 Å². The Labute approximate surface area is 159 Å². The average Bonchev–Trinajstić information content (AvgIpc) is 3.07. The van der Waals surface area contributed by atoms with Crippen LogP contribution >= 0.6 is 15.9 Å². The van der Waals surface area contributed by atoms with E-state index in [9.17, 15) is 10.1 Å². The van der Waals surface area contributed by atoms with Gasteiger partial charge in [0.25, 0.3) is 5.91 Å². The molecule has 7 heteroatoms. The van der Waals surface area contributed by atoms with Crippen molar-refractivity contribution in [1.82, 2.24) is 0 Å². The number of ether oxygens (including phenoxy) is 3. The molecule has 1 amide bonds. The molecule has 1 N–H and O–H groups in total. The van der Waals surface area contributed by atoms with Crippen LogP contribution in [-0.2, 0) is 4.79 Å². The highest BCUT2D eigenvalue weighted by atomic mass is 79.9. The fraction of sp³-hybridized carbons (Fsp3) is 0.158. The molecule has 0 radical (unpaired) electrons. The molecule has 0 fully saturated rings. The minimum atomic E-state index is -0.509. The van der Waals surface area contributed by atoms with Gasteiger partial charge in [-0.1, -0.05) is 22.0 Å². The maximum Gasteiger partial charge on any atom is 0.266 e. The largest absolute Gasteiger partial charge is 0.493 e. The van der Waals surface area contributed by atoms with Gasteiger partial charge in [-0.15, -0.1) is 0 Å². The number of hydrogen-bond acceptors (Lipinski definition) is 5. The van der Waals surface area contributed by atoms with Crippen molar-refractivity contribution in [3.05, 3.63) is 52.0 Å². The first-order valence-electron chi connectivity index (χ1n) is 7.86. The second-order valence-corrected chi connectivity index (χ2v) is 6.23. The predicted molar refractivity (Wildman–Crippen MR) is 100 cm³/mol. The molecule has 132 valence electrons. The van der Waals surface area contributed by atoms with Crippen LogP contribution in [0.15, 0.2) is 46.4 Å². The van der Waals surface area contributed by atoms with Crippen LogP contribution in [0.3, 0.4) is 0 Å². The SMILES string of the molecule is CCOc1cc2c(cc1/C=C(\C#N)C(=O)Nc1cccc(Br)c1)OCO2. The lowest BCUT2D eigenvalue weighted by Gasteiger charge is -2.10. The predicted octanol–water partition coefficient (Wildman–Crippen LogP) is 4.12. The van der Waals surface area contributed by atoms with Gasteiger partial charge in [0.2, 0.25) is 6.79 Å². The topological polar surface area (TPSA) is 80.6 Å². The number of nitrogens with one attached hydrogen (secondary N) is 1. The van der Waals surface area contributed by atoms with Gasteiger partial charge >= 0.3 is 0 Å². The highest BCUT2D eigenvalue weighted by Gasteiger charge is 2.19. The fourth-order valence-electron chi connectivity index (χ4n) is 2.40. The van der Waals surface area contributed by atoms with Gasteiger partial charge in [0.15, 0.2) is 11.5 Å². The second kappa shape index (κ2) is 7.93. The van der Waals surface area contributed by atoms with Crippen molar-refractivity contribution >= 4 is 33.6 Å². The van der Waals surface area contributed by atoms with E-state index >= 15 is 0 Å². The van der Waals surface area contributed by atoms with Crippen LogP contribution in [0.5, 0.6) is 17.2 Å².